The minimum absolute atomic E-state index is 0.0144. The van der Waals surface area contributed by atoms with Crippen molar-refractivity contribution in [2.75, 3.05) is 0 Å². The first-order chi connectivity index (χ1) is 12.8. The number of carbonyl (C=O) groups is 1. The van der Waals surface area contributed by atoms with Crippen LogP contribution >= 0.6 is 0 Å². The van der Waals surface area contributed by atoms with Crippen LogP contribution in [0.15, 0.2) is 12.2 Å². The summed E-state index contributed by atoms with van der Waals surface area (Å²) in [5, 5.41) is 10.7. The minimum atomic E-state index is -1.73. The van der Waals surface area contributed by atoms with Crippen molar-refractivity contribution in [3.8, 4) is 0 Å². The lowest BCUT2D eigenvalue weighted by Crippen LogP contribution is -2.41. The maximum atomic E-state index is 11.8. The number of aliphatic hydroxyl groups is 1. The zero-order valence-corrected chi connectivity index (χ0v) is 19.0. The third-order valence-electron chi connectivity index (χ3n) is 6.85. The quantitative estimate of drug-likeness (QED) is 0.225. The van der Waals surface area contributed by atoms with Crippen LogP contribution in [0.4, 0.5) is 0 Å². The van der Waals surface area contributed by atoms with Gasteiger partial charge in [0.1, 0.15) is 6.10 Å². The summed E-state index contributed by atoms with van der Waals surface area (Å²) in [5.74, 6) is 0.277. The predicted octanol–water partition coefficient (Wildman–Crippen LogP) is 5.22. The Bertz CT molecular complexity index is 504. The summed E-state index contributed by atoms with van der Waals surface area (Å²) in [6, 6.07) is 3.37. The minimum Gasteiger partial charge on any atom is -0.462 e. The summed E-state index contributed by atoms with van der Waals surface area (Å²) >= 11 is 0. The molecule has 0 amide bonds. The molecule has 0 aromatic heterocycles. The lowest BCUT2D eigenvalue weighted by atomic mass is 9.89. The summed E-state index contributed by atoms with van der Waals surface area (Å²) < 4.78 is 12.4. The van der Waals surface area contributed by atoms with E-state index in [1.54, 1.807) is 0 Å². The van der Waals surface area contributed by atoms with Gasteiger partial charge in [-0.15, -0.1) is 0 Å². The summed E-state index contributed by atoms with van der Waals surface area (Å²) in [6.07, 6.45) is 9.59. The number of carbonyl (C=O) groups excluding carboxylic acids is 1. The average molecular weight is 397 g/mol. The van der Waals surface area contributed by atoms with Crippen molar-refractivity contribution in [3.05, 3.63) is 12.2 Å². The van der Waals surface area contributed by atoms with E-state index in [-0.39, 0.29) is 30.0 Å². The molecule has 1 heterocycles. The van der Waals surface area contributed by atoms with E-state index in [1.807, 2.05) is 13.0 Å². The van der Waals surface area contributed by atoms with E-state index in [0.29, 0.717) is 6.42 Å². The van der Waals surface area contributed by atoms with E-state index in [1.165, 1.54) is 0 Å². The summed E-state index contributed by atoms with van der Waals surface area (Å²) in [5.41, 5.74) is -0.796. The van der Waals surface area contributed by atoms with Gasteiger partial charge in [-0.25, -0.2) is 0 Å². The van der Waals surface area contributed by atoms with Crippen molar-refractivity contribution >= 4 is 14.3 Å². The fraction of sp³-hybridized carbons (Fsp3) is 0.864. The molecule has 0 radical (unpaired) electrons. The Morgan fingerprint density at radius 1 is 1.22 bits per heavy atom. The third kappa shape index (κ3) is 5.67. The standard InChI is InChI=1S/C22H40O4Si/c1-6-10-11-13-22(5,24)14-12-17-18-15-21(23)25-19(18)16-20(17)26-27(7-2,8-3)9-4/h12,14,17-20,24H,6-11,13,15-16H2,1-5H3/b14-12+/t17-,18-,19+,20?,22?/m1/s1. The number of fused-ring (bicyclic) bond motifs is 1. The SMILES string of the molecule is CCCCCC(C)(O)/C=C/[C@H]1C(O[Si](CC)(CC)CC)C[C@@H]2OC(=O)C[C@@H]21. The molecule has 2 unspecified atom stereocenters. The normalized spacial score (nSPS) is 30.5. The lowest BCUT2D eigenvalue weighted by Gasteiger charge is -2.34. The molecular weight excluding hydrogens is 356 g/mol. The van der Waals surface area contributed by atoms with E-state index in [9.17, 15) is 9.90 Å². The van der Waals surface area contributed by atoms with E-state index in [2.05, 4.69) is 33.8 Å². The number of hydrogen-bond donors (Lipinski definition) is 1. The van der Waals surface area contributed by atoms with Crippen molar-refractivity contribution in [3.63, 3.8) is 0 Å². The van der Waals surface area contributed by atoms with Crippen LogP contribution in [0.5, 0.6) is 0 Å². The van der Waals surface area contributed by atoms with Gasteiger partial charge in [-0.2, -0.15) is 0 Å². The third-order valence-corrected chi connectivity index (χ3v) is 11.5. The first-order valence-electron chi connectivity index (χ1n) is 11.1. The van der Waals surface area contributed by atoms with Crippen LogP contribution in [-0.2, 0) is 14.0 Å². The molecule has 0 spiro atoms. The second-order valence-electron chi connectivity index (χ2n) is 8.78. The molecule has 1 aliphatic heterocycles. The zero-order chi connectivity index (χ0) is 20.1. The molecular formula is C22H40O4Si. The molecule has 2 aliphatic rings. The van der Waals surface area contributed by atoms with E-state index < -0.39 is 13.9 Å². The topological polar surface area (TPSA) is 55.8 Å². The molecule has 0 aromatic carbocycles. The van der Waals surface area contributed by atoms with E-state index >= 15 is 0 Å². The largest absolute Gasteiger partial charge is 0.462 e. The second kappa shape index (κ2) is 9.70. The molecule has 1 N–H and O–H groups in total. The summed E-state index contributed by atoms with van der Waals surface area (Å²) in [6.45, 7) is 10.8. The van der Waals surface area contributed by atoms with Crippen molar-refractivity contribution in [1.29, 1.82) is 0 Å². The van der Waals surface area contributed by atoms with Gasteiger partial charge in [-0.1, -0.05) is 59.1 Å². The van der Waals surface area contributed by atoms with Gasteiger partial charge >= 0.3 is 5.97 Å². The summed E-state index contributed by atoms with van der Waals surface area (Å²) in [7, 11) is -1.73. The lowest BCUT2D eigenvalue weighted by molar-refractivity contribution is -0.141. The van der Waals surface area contributed by atoms with Crippen molar-refractivity contribution < 1.29 is 19.1 Å². The van der Waals surface area contributed by atoms with Crippen LogP contribution in [-0.4, -0.2) is 37.2 Å². The van der Waals surface area contributed by atoms with Gasteiger partial charge in [-0.05, 0) is 31.5 Å². The van der Waals surface area contributed by atoms with Crippen LogP contribution in [0, 0.1) is 11.8 Å². The number of unbranched alkanes of at least 4 members (excludes halogenated alkanes) is 2. The maximum absolute atomic E-state index is 11.8. The fourth-order valence-corrected chi connectivity index (χ4v) is 7.64. The number of rotatable bonds is 11. The Morgan fingerprint density at radius 3 is 2.48 bits per heavy atom. The predicted molar refractivity (Wildman–Crippen MR) is 112 cm³/mol. The Hall–Kier alpha value is -0.653. The van der Waals surface area contributed by atoms with Crippen LogP contribution in [0.25, 0.3) is 0 Å². The number of esters is 1. The van der Waals surface area contributed by atoms with E-state index in [4.69, 9.17) is 9.16 Å². The molecule has 2 fully saturated rings. The molecule has 0 aromatic rings. The summed E-state index contributed by atoms with van der Waals surface area (Å²) in [4.78, 5) is 11.8. The Balaban J connectivity index is 2.14. The monoisotopic (exact) mass is 396 g/mol. The van der Waals surface area contributed by atoms with Gasteiger partial charge in [0.05, 0.1) is 18.1 Å². The highest BCUT2D eigenvalue weighted by Gasteiger charge is 2.51. The average Bonchev–Trinajstić information content (AvgIpc) is 3.13. The molecule has 156 valence electrons. The fourth-order valence-electron chi connectivity index (χ4n) is 4.75. The van der Waals surface area contributed by atoms with Gasteiger partial charge in [0.25, 0.3) is 0 Å². The van der Waals surface area contributed by atoms with Crippen molar-refractivity contribution in [2.24, 2.45) is 11.8 Å². The highest BCUT2D eigenvalue weighted by atomic mass is 28.4. The van der Waals surface area contributed by atoms with Gasteiger partial charge in [0.2, 0.25) is 0 Å². The Labute approximate surface area is 166 Å². The van der Waals surface area contributed by atoms with Crippen molar-refractivity contribution in [2.45, 2.75) is 109 Å². The smallest absolute Gasteiger partial charge is 0.306 e. The molecule has 1 aliphatic carbocycles. The highest BCUT2D eigenvalue weighted by molar-refractivity contribution is 6.73. The Morgan fingerprint density at radius 2 is 1.89 bits per heavy atom. The van der Waals surface area contributed by atoms with E-state index in [0.717, 1.165) is 50.2 Å². The maximum Gasteiger partial charge on any atom is 0.306 e. The Kier molecular flexibility index (Phi) is 8.14. The first-order valence-corrected chi connectivity index (χ1v) is 13.6. The van der Waals surface area contributed by atoms with Crippen molar-refractivity contribution in [1.82, 2.24) is 0 Å². The van der Waals surface area contributed by atoms with Crippen LogP contribution in [0.3, 0.4) is 0 Å². The second-order valence-corrected chi connectivity index (χ2v) is 13.5. The van der Waals surface area contributed by atoms with Gasteiger partial charge in [0.15, 0.2) is 8.32 Å². The van der Waals surface area contributed by atoms with Crippen LogP contribution in [0.1, 0.15) is 73.1 Å². The molecule has 5 atom stereocenters. The molecule has 1 saturated heterocycles. The zero-order valence-electron chi connectivity index (χ0n) is 18.0. The molecule has 0 bridgehead atoms. The van der Waals surface area contributed by atoms with Crippen LogP contribution in [0.2, 0.25) is 18.1 Å². The number of hydrogen-bond acceptors (Lipinski definition) is 4. The number of ether oxygens (including phenoxy) is 1. The molecule has 2 rings (SSSR count). The molecule has 5 heteroatoms. The van der Waals surface area contributed by atoms with Gasteiger partial charge in [0, 0.05) is 18.3 Å². The van der Waals surface area contributed by atoms with Crippen LogP contribution < -0.4 is 0 Å². The molecule has 1 saturated carbocycles. The first kappa shape index (κ1) is 22.6. The molecule has 27 heavy (non-hydrogen) atoms. The molecule has 4 nitrogen and oxygen atoms in total. The highest BCUT2D eigenvalue weighted by Crippen LogP contribution is 2.45. The van der Waals surface area contributed by atoms with Gasteiger partial charge < -0.3 is 14.3 Å². The van der Waals surface area contributed by atoms with Gasteiger partial charge in [-0.3, -0.25) is 4.79 Å².